The Balaban J connectivity index is 1.21. The summed E-state index contributed by atoms with van der Waals surface area (Å²) >= 11 is 1.56. The van der Waals surface area contributed by atoms with Crippen LogP contribution in [0.25, 0.3) is 16.3 Å². The number of nitrogens with zero attached hydrogens (tertiary/aromatic N) is 5. The second kappa shape index (κ2) is 9.74. The number of benzene rings is 2. The first-order valence-electron chi connectivity index (χ1n) is 11.0. The Kier molecular flexibility index (Phi) is 6.37. The number of hydrogen-bond acceptors (Lipinski definition) is 6. The van der Waals surface area contributed by atoms with E-state index >= 15 is 0 Å². The topological polar surface area (TPSA) is 63.5 Å². The van der Waals surface area contributed by atoms with Crippen molar-refractivity contribution in [3.63, 3.8) is 0 Å². The zero-order chi connectivity index (χ0) is 23.5. The summed E-state index contributed by atoms with van der Waals surface area (Å²) in [6, 6.07) is 16.0. The number of para-hydroxylation sites is 1. The summed E-state index contributed by atoms with van der Waals surface area (Å²) in [4.78, 5) is 22.0. The van der Waals surface area contributed by atoms with Gasteiger partial charge in [0.1, 0.15) is 10.8 Å². The molecule has 4 aromatic rings. The highest BCUT2D eigenvalue weighted by Gasteiger charge is 2.27. The Morgan fingerprint density at radius 3 is 2.50 bits per heavy atom. The molecule has 174 valence electrons. The monoisotopic (exact) mass is 477 g/mol. The first-order valence-corrected chi connectivity index (χ1v) is 11.9. The predicted octanol–water partition coefficient (Wildman–Crippen LogP) is 4.10. The molecule has 0 aliphatic carbocycles. The van der Waals surface area contributed by atoms with Gasteiger partial charge in [0.2, 0.25) is 0 Å². The molecule has 1 aliphatic rings. The van der Waals surface area contributed by atoms with Crippen LogP contribution in [-0.4, -0.2) is 63.8 Å². The molecule has 7 nitrogen and oxygen atoms in total. The lowest BCUT2D eigenvalue weighted by Crippen LogP contribution is -2.48. The van der Waals surface area contributed by atoms with Crippen LogP contribution in [0.5, 0.6) is 5.75 Å². The van der Waals surface area contributed by atoms with E-state index in [0.29, 0.717) is 31.1 Å². The second-order valence-electron chi connectivity index (χ2n) is 8.05. The van der Waals surface area contributed by atoms with Gasteiger partial charge in [-0.2, -0.15) is 5.10 Å². The summed E-state index contributed by atoms with van der Waals surface area (Å²) in [6.45, 7) is 3.42. The number of amides is 1. The molecule has 5 rings (SSSR count). The van der Waals surface area contributed by atoms with Crippen molar-refractivity contribution < 1.29 is 13.9 Å². The molecule has 0 atom stereocenters. The highest BCUT2D eigenvalue weighted by Crippen LogP contribution is 2.25. The number of carbonyl (C=O) groups is 1. The zero-order valence-electron chi connectivity index (χ0n) is 18.7. The van der Waals surface area contributed by atoms with Crippen LogP contribution in [0.15, 0.2) is 66.2 Å². The molecule has 34 heavy (non-hydrogen) atoms. The SMILES string of the molecule is COc1cn(-c2ccccc2)nc1C(=O)N1CCN(Cc2csc(-c3ccc(F)cc3)n2)CC1. The highest BCUT2D eigenvalue weighted by molar-refractivity contribution is 7.13. The lowest BCUT2D eigenvalue weighted by molar-refractivity contribution is 0.0618. The van der Waals surface area contributed by atoms with E-state index in [1.54, 1.807) is 41.5 Å². The fourth-order valence-corrected chi connectivity index (χ4v) is 4.78. The van der Waals surface area contributed by atoms with E-state index < -0.39 is 0 Å². The van der Waals surface area contributed by atoms with E-state index in [1.807, 2.05) is 40.6 Å². The van der Waals surface area contributed by atoms with Gasteiger partial charge in [0.15, 0.2) is 11.4 Å². The Morgan fingerprint density at radius 2 is 1.79 bits per heavy atom. The maximum absolute atomic E-state index is 13.2. The summed E-state index contributed by atoms with van der Waals surface area (Å²) in [5.41, 5.74) is 3.08. The zero-order valence-corrected chi connectivity index (χ0v) is 19.5. The molecule has 3 heterocycles. The minimum atomic E-state index is -0.252. The Hall–Kier alpha value is -3.56. The molecule has 0 unspecified atom stereocenters. The summed E-state index contributed by atoms with van der Waals surface area (Å²) in [6.07, 6.45) is 1.74. The lowest BCUT2D eigenvalue weighted by atomic mass is 10.2. The molecule has 0 spiro atoms. The van der Waals surface area contributed by atoms with Gasteiger partial charge in [0.05, 0.1) is 24.7 Å². The largest absolute Gasteiger partial charge is 0.493 e. The molecule has 1 aliphatic heterocycles. The average Bonchev–Trinajstić information content (AvgIpc) is 3.52. The molecule has 9 heteroatoms. The van der Waals surface area contributed by atoms with Gasteiger partial charge in [-0.1, -0.05) is 18.2 Å². The van der Waals surface area contributed by atoms with Gasteiger partial charge in [-0.25, -0.2) is 14.1 Å². The van der Waals surface area contributed by atoms with E-state index in [0.717, 1.165) is 35.0 Å². The molecule has 1 fully saturated rings. The highest BCUT2D eigenvalue weighted by atomic mass is 32.1. The quantitative estimate of drug-likeness (QED) is 0.418. The number of carbonyl (C=O) groups excluding carboxylic acids is 1. The maximum atomic E-state index is 13.2. The molecule has 0 saturated carbocycles. The minimum Gasteiger partial charge on any atom is -0.493 e. The first kappa shape index (κ1) is 22.2. The molecule has 2 aromatic carbocycles. The standard InChI is InChI=1S/C25H24FN5O2S/c1-33-22-16-31(21-5-3-2-4-6-21)28-23(22)25(32)30-13-11-29(12-14-30)15-20-17-34-24(27-20)18-7-9-19(26)10-8-18/h2-10,16-17H,11-15H2,1H3. The van der Waals surface area contributed by atoms with Crippen molar-refractivity contribution in [2.75, 3.05) is 33.3 Å². The van der Waals surface area contributed by atoms with Crippen molar-refractivity contribution in [2.45, 2.75) is 6.54 Å². The molecular weight excluding hydrogens is 453 g/mol. The predicted molar refractivity (Wildman–Crippen MR) is 129 cm³/mol. The second-order valence-corrected chi connectivity index (χ2v) is 8.90. The number of halogens is 1. The third-order valence-electron chi connectivity index (χ3n) is 5.81. The van der Waals surface area contributed by atoms with E-state index in [9.17, 15) is 9.18 Å². The first-order chi connectivity index (χ1) is 16.6. The third-order valence-corrected chi connectivity index (χ3v) is 6.75. The van der Waals surface area contributed by atoms with Crippen LogP contribution >= 0.6 is 11.3 Å². The molecule has 1 amide bonds. The number of aromatic nitrogens is 3. The Labute approximate surface area is 201 Å². The summed E-state index contributed by atoms with van der Waals surface area (Å²) in [5.74, 6) is 0.0860. The number of hydrogen-bond donors (Lipinski definition) is 0. The number of ether oxygens (including phenoxy) is 1. The van der Waals surface area contributed by atoms with E-state index in [-0.39, 0.29) is 11.7 Å². The van der Waals surface area contributed by atoms with Crippen molar-refractivity contribution in [1.29, 1.82) is 0 Å². The molecule has 0 bridgehead atoms. The molecule has 1 saturated heterocycles. The molecule has 0 N–H and O–H groups in total. The molecular formula is C25H24FN5O2S. The van der Waals surface area contributed by atoms with Gasteiger partial charge in [0.25, 0.3) is 5.91 Å². The van der Waals surface area contributed by atoms with Crippen LogP contribution in [0.4, 0.5) is 4.39 Å². The average molecular weight is 478 g/mol. The smallest absolute Gasteiger partial charge is 0.278 e. The minimum absolute atomic E-state index is 0.126. The van der Waals surface area contributed by atoms with E-state index in [2.05, 4.69) is 10.00 Å². The molecule has 2 aromatic heterocycles. The number of methoxy groups -OCH3 is 1. The van der Waals surface area contributed by atoms with Gasteiger partial charge in [-0.05, 0) is 36.4 Å². The van der Waals surface area contributed by atoms with Gasteiger partial charge < -0.3 is 9.64 Å². The van der Waals surface area contributed by atoms with Gasteiger partial charge in [-0.15, -0.1) is 11.3 Å². The van der Waals surface area contributed by atoms with Crippen molar-refractivity contribution in [3.05, 3.63) is 83.4 Å². The van der Waals surface area contributed by atoms with Gasteiger partial charge in [0, 0.05) is 43.7 Å². The van der Waals surface area contributed by atoms with Crippen LogP contribution in [0, 0.1) is 5.82 Å². The van der Waals surface area contributed by atoms with Gasteiger partial charge >= 0.3 is 0 Å². The fraction of sp³-hybridized carbons (Fsp3) is 0.240. The number of thiazole rings is 1. The number of piperazine rings is 1. The normalized spacial score (nSPS) is 14.4. The molecule has 0 radical (unpaired) electrons. The van der Waals surface area contributed by atoms with E-state index in [4.69, 9.17) is 9.72 Å². The van der Waals surface area contributed by atoms with Crippen molar-refractivity contribution in [1.82, 2.24) is 24.6 Å². The van der Waals surface area contributed by atoms with Crippen LogP contribution < -0.4 is 4.74 Å². The fourth-order valence-electron chi connectivity index (χ4n) is 3.96. The Morgan fingerprint density at radius 1 is 1.06 bits per heavy atom. The van der Waals surface area contributed by atoms with Crippen molar-refractivity contribution in [3.8, 4) is 22.0 Å². The maximum Gasteiger partial charge on any atom is 0.278 e. The van der Waals surface area contributed by atoms with Crippen LogP contribution in [-0.2, 0) is 6.54 Å². The summed E-state index contributed by atoms with van der Waals surface area (Å²) < 4.78 is 20.3. The van der Waals surface area contributed by atoms with Crippen molar-refractivity contribution >= 4 is 17.2 Å². The van der Waals surface area contributed by atoms with Gasteiger partial charge in [-0.3, -0.25) is 9.69 Å². The summed E-state index contributed by atoms with van der Waals surface area (Å²) in [5, 5.41) is 7.42. The van der Waals surface area contributed by atoms with Crippen LogP contribution in [0.2, 0.25) is 0 Å². The summed E-state index contributed by atoms with van der Waals surface area (Å²) in [7, 11) is 1.55. The lowest BCUT2D eigenvalue weighted by Gasteiger charge is -2.34. The van der Waals surface area contributed by atoms with E-state index in [1.165, 1.54) is 12.1 Å². The van der Waals surface area contributed by atoms with Crippen molar-refractivity contribution in [2.24, 2.45) is 0 Å². The Bertz CT molecular complexity index is 1260. The van der Waals surface area contributed by atoms with Crippen LogP contribution in [0.1, 0.15) is 16.2 Å². The number of rotatable bonds is 6. The van der Waals surface area contributed by atoms with Crippen LogP contribution in [0.3, 0.4) is 0 Å². The third kappa shape index (κ3) is 4.71.